The second kappa shape index (κ2) is 9.54. The third-order valence-corrected chi connectivity index (χ3v) is 4.65. The van der Waals surface area contributed by atoms with E-state index in [1.54, 1.807) is 54.6 Å². The summed E-state index contributed by atoms with van der Waals surface area (Å²) in [7, 11) is 0. The van der Waals surface area contributed by atoms with E-state index in [4.69, 9.17) is 27.9 Å². The van der Waals surface area contributed by atoms with Crippen LogP contribution in [0.4, 0.5) is 4.39 Å². The van der Waals surface area contributed by atoms with Gasteiger partial charge in [-0.15, -0.1) is 0 Å². The first-order valence-electron chi connectivity index (χ1n) is 8.69. The lowest BCUT2D eigenvalue weighted by Crippen LogP contribution is -2.18. The third kappa shape index (κ3) is 5.56. The molecule has 0 aliphatic carbocycles. The van der Waals surface area contributed by atoms with E-state index in [1.807, 2.05) is 6.92 Å². The maximum Gasteiger partial charge on any atom is 0.272 e. The number of carbonyl (C=O) groups excluding carboxylic acids is 1. The first-order valence-corrected chi connectivity index (χ1v) is 9.45. The van der Waals surface area contributed by atoms with E-state index >= 15 is 0 Å². The molecule has 7 heteroatoms. The molecule has 148 valence electrons. The highest BCUT2D eigenvalue weighted by molar-refractivity contribution is 6.34. The predicted octanol–water partition coefficient (Wildman–Crippen LogP) is 5.78. The van der Waals surface area contributed by atoms with Crippen molar-refractivity contribution in [2.24, 2.45) is 5.10 Å². The van der Waals surface area contributed by atoms with Gasteiger partial charge in [0.1, 0.15) is 18.2 Å². The van der Waals surface area contributed by atoms with Gasteiger partial charge in [-0.3, -0.25) is 4.79 Å². The van der Waals surface area contributed by atoms with Gasteiger partial charge in [-0.25, -0.2) is 9.82 Å². The number of nitrogens with zero attached hydrogens (tertiary/aromatic N) is 1. The van der Waals surface area contributed by atoms with Gasteiger partial charge < -0.3 is 4.74 Å². The molecule has 0 bridgehead atoms. The van der Waals surface area contributed by atoms with Gasteiger partial charge in [0, 0.05) is 5.56 Å². The average molecular weight is 431 g/mol. The Morgan fingerprint density at radius 3 is 2.62 bits per heavy atom. The molecule has 0 unspecified atom stereocenters. The number of ether oxygens (including phenoxy) is 1. The van der Waals surface area contributed by atoms with Crippen molar-refractivity contribution in [2.75, 3.05) is 0 Å². The maximum atomic E-state index is 13.7. The molecular weight excluding hydrogens is 414 g/mol. The highest BCUT2D eigenvalue weighted by Gasteiger charge is 2.09. The van der Waals surface area contributed by atoms with E-state index in [0.717, 1.165) is 5.56 Å². The van der Waals surface area contributed by atoms with E-state index in [2.05, 4.69) is 10.5 Å². The van der Waals surface area contributed by atoms with Gasteiger partial charge in [-0.05, 0) is 54.4 Å². The van der Waals surface area contributed by atoms with Crippen LogP contribution in [0.15, 0.2) is 65.8 Å². The monoisotopic (exact) mass is 430 g/mol. The number of hydrogen-bond donors (Lipinski definition) is 1. The number of hydrazone groups is 1. The summed E-state index contributed by atoms with van der Waals surface area (Å²) in [5, 5.41) is 4.63. The van der Waals surface area contributed by atoms with Crippen LogP contribution in [-0.4, -0.2) is 12.1 Å². The van der Waals surface area contributed by atoms with Gasteiger partial charge in [0.05, 0.1) is 21.8 Å². The predicted molar refractivity (Wildman–Crippen MR) is 113 cm³/mol. The minimum atomic E-state index is -0.415. The highest BCUT2D eigenvalue weighted by Crippen LogP contribution is 2.26. The fourth-order valence-electron chi connectivity index (χ4n) is 2.52. The molecule has 0 saturated carbocycles. The number of aryl methyl sites for hydroxylation is 1. The first kappa shape index (κ1) is 20.8. The van der Waals surface area contributed by atoms with E-state index in [9.17, 15) is 9.18 Å². The molecule has 0 spiro atoms. The molecule has 3 aromatic rings. The van der Waals surface area contributed by atoms with Crippen LogP contribution in [0.3, 0.4) is 0 Å². The summed E-state index contributed by atoms with van der Waals surface area (Å²) in [4.78, 5) is 12.1. The summed E-state index contributed by atoms with van der Waals surface area (Å²) in [6.45, 7) is 1.95. The Balaban J connectivity index is 1.61. The standard InChI is InChI=1S/C22H17Cl2FN2O2/c1-14-6-8-17(18(23)10-14)22(28)27-26-12-15-7-9-21(19(24)11-15)29-13-16-4-2-3-5-20(16)25/h2-12H,13H2,1H3,(H,27,28)/b26-12-. The normalized spacial score (nSPS) is 10.9. The van der Waals surface area contributed by atoms with E-state index in [-0.39, 0.29) is 12.4 Å². The Hall–Kier alpha value is -2.89. The van der Waals surface area contributed by atoms with E-state index in [0.29, 0.717) is 32.5 Å². The van der Waals surface area contributed by atoms with Gasteiger partial charge in [-0.1, -0.05) is 47.5 Å². The molecule has 0 radical (unpaired) electrons. The Morgan fingerprint density at radius 1 is 1.10 bits per heavy atom. The molecular formula is C22H17Cl2FN2O2. The smallest absolute Gasteiger partial charge is 0.272 e. The van der Waals surface area contributed by atoms with E-state index in [1.165, 1.54) is 12.3 Å². The van der Waals surface area contributed by atoms with Crippen LogP contribution in [0.2, 0.25) is 10.0 Å². The topological polar surface area (TPSA) is 50.7 Å². The Kier molecular flexibility index (Phi) is 6.86. The molecule has 4 nitrogen and oxygen atoms in total. The molecule has 1 amide bonds. The minimum absolute atomic E-state index is 0.0627. The van der Waals surface area contributed by atoms with Crippen LogP contribution in [-0.2, 0) is 6.61 Å². The van der Waals surface area contributed by atoms with Crippen molar-refractivity contribution in [1.29, 1.82) is 0 Å². The Labute approximate surface area is 177 Å². The van der Waals surface area contributed by atoms with Crippen LogP contribution in [0, 0.1) is 12.7 Å². The first-order chi connectivity index (χ1) is 13.9. The molecule has 0 atom stereocenters. The van der Waals surface area contributed by atoms with Crippen molar-refractivity contribution in [3.05, 3.63) is 98.8 Å². The zero-order valence-electron chi connectivity index (χ0n) is 15.5. The molecule has 0 heterocycles. The van der Waals surface area contributed by atoms with Crippen molar-refractivity contribution in [1.82, 2.24) is 5.43 Å². The van der Waals surface area contributed by atoms with Gasteiger partial charge in [0.25, 0.3) is 5.91 Å². The van der Waals surface area contributed by atoms with Crippen molar-refractivity contribution in [2.45, 2.75) is 13.5 Å². The summed E-state index contributed by atoms with van der Waals surface area (Å²) < 4.78 is 19.2. The van der Waals surface area contributed by atoms with Crippen molar-refractivity contribution in [3.8, 4) is 5.75 Å². The molecule has 3 rings (SSSR count). The third-order valence-electron chi connectivity index (χ3n) is 4.05. The number of benzene rings is 3. The van der Waals surface area contributed by atoms with Crippen LogP contribution in [0.5, 0.6) is 5.75 Å². The molecule has 0 aromatic heterocycles. The highest BCUT2D eigenvalue weighted by atomic mass is 35.5. The molecule has 29 heavy (non-hydrogen) atoms. The molecule has 0 aliphatic heterocycles. The average Bonchev–Trinajstić information content (AvgIpc) is 2.68. The summed E-state index contributed by atoms with van der Waals surface area (Å²) in [5.74, 6) is -0.332. The van der Waals surface area contributed by atoms with Crippen LogP contribution in [0.1, 0.15) is 27.0 Å². The Morgan fingerprint density at radius 2 is 1.90 bits per heavy atom. The molecule has 3 aromatic carbocycles. The lowest BCUT2D eigenvalue weighted by Gasteiger charge is -2.09. The second-order valence-corrected chi connectivity index (χ2v) is 7.07. The van der Waals surface area contributed by atoms with Crippen molar-refractivity contribution in [3.63, 3.8) is 0 Å². The van der Waals surface area contributed by atoms with Crippen LogP contribution in [0.25, 0.3) is 0 Å². The summed E-state index contributed by atoms with van der Waals surface area (Å²) in [6.07, 6.45) is 1.45. The van der Waals surface area contributed by atoms with Gasteiger partial charge >= 0.3 is 0 Å². The number of nitrogens with one attached hydrogen (secondary N) is 1. The summed E-state index contributed by atoms with van der Waals surface area (Å²) in [6, 6.07) is 16.5. The molecule has 1 N–H and O–H groups in total. The fourth-order valence-corrected chi connectivity index (χ4v) is 3.08. The SMILES string of the molecule is Cc1ccc(C(=O)N/N=C\c2ccc(OCc3ccccc3F)c(Cl)c2)c(Cl)c1. The number of hydrogen-bond acceptors (Lipinski definition) is 3. The number of rotatable bonds is 6. The van der Waals surface area contributed by atoms with Gasteiger partial charge in [0.2, 0.25) is 0 Å². The molecule has 0 fully saturated rings. The number of carbonyl (C=O) groups is 1. The van der Waals surface area contributed by atoms with Gasteiger partial charge in [-0.2, -0.15) is 5.10 Å². The van der Waals surface area contributed by atoms with Crippen LogP contribution < -0.4 is 10.2 Å². The summed E-state index contributed by atoms with van der Waals surface area (Å²) >= 11 is 12.3. The number of halogens is 3. The second-order valence-electron chi connectivity index (χ2n) is 6.25. The molecule has 0 saturated heterocycles. The molecule has 0 aliphatic rings. The zero-order chi connectivity index (χ0) is 20.8. The number of amides is 1. The quantitative estimate of drug-likeness (QED) is 0.397. The zero-order valence-corrected chi connectivity index (χ0v) is 17.0. The Bertz CT molecular complexity index is 1070. The lowest BCUT2D eigenvalue weighted by atomic mass is 10.1. The van der Waals surface area contributed by atoms with Crippen LogP contribution >= 0.6 is 23.2 Å². The largest absolute Gasteiger partial charge is 0.487 e. The van der Waals surface area contributed by atoms with Crippen molar-refractivity contribution < 1.29 is 13.9 Å². The van der Waals surface area contributed by atoms with E-state index < -0.39 is 5.91 Å². The van der Waals surface area contributed by atoms with Gasteiger partial charge in [0.15, 0.2) is 0 Å². The minimum Gasteiger partial charge on any atom is -0.487 e. The lowest BCUT2D eigenvalue weighted by molar-refractivity contribution is 0.0955. The van der Waals surface area contributed by atoms with Crippen molar-refractivity contribution >= 4 is 35.3 Å². The summed E-state index contributed by atoms with van der Waals surface area (Å²) in [5.41, 5.74) is 4.82. The fraction of sp³-hybridized carbons (Fsp3) is 0.0909. The maximum absolute atomic E-state index is 13.7.